The molecule has 0 saturated carbocycles. The van der Waals surface area contributed by atoms with Crippen LogP contribution in [0.4, 0.5) is 4.79 Å². The van der Waals surface area contributed by atoms with Crippen molar-refractivity contribution >= 4 is 40.7 Å². The number of hydrogen-bond acceptors (Lipinski definition) is 5. The van der Waals surface area contributed by atoms with Crippen molar-refractivity contribution in [2.75, 3.05) is 0 Å². The van der Waals surface area contributed by atoms with Gasteiger partial charge in [-0.2, -0.15) is 5.26 Å². The van der Waals surface area contributed by atoms with Crippen LogP contribution in [0.3, 0.4) is 0 Å². The molecule has 1 heterocycles. The lowest BCUT2D eigenvalue weighted by atomic mass is 10.1. The maximum atomic E-state index is 12.9. The average molecular weight is 429 g/mol. The first-order valence-corrected chi connectivity index (χ1v) is 10.8. The molecule has 1 aliphatic heterocycles. The number of amides is 2. The number of carbonyl (C=O) groups is 2. The minimum Gasteiger partial charge on any atom is -0.268 e. The summed E-state index contributed by atoms with van der Waals surface area (Å²) < 4.78 is 0. The van der Waals surface area contributed by atoms with Crippen LogP contribution in [0.25, 0.3) is 6.08 Å². The van der Waals surface area contributed by atoms with E-state index in [1.165, 1.54) is 4.90 Å². The van der Waals surface area contributed by atoms with Crippen molar-refractivity contribution in [3.8, 4) is 6.07 Å². The van der Waals surface area contributed by atoms with E-state index in [2.05, 4.69) is 6.07 Å². The number of hydrogen-bond donors (Lipinski definition) is 0. The Kier molecular flexibility index (Phi) is 6.03. The lowest BCUT2D eigenvalue weighted by Gasteiger charge is -2.13. The lowest BCUT2D eigenvalue weighted by Crippen LogP contribution is -2.27. The molecule has 30 heavy (non-hydrogen) atoms. The minimum absolute atomic E-state index is 0.0894. The van der Waals surface area contributed by atoms with E-state index in [1.54, 1.807) is 42.1 Å². The second kappa shape index (κ2) is 9.04. The zero-order valence-electron chi connectivity index (χ0n) is 15.8. The van der Waals surface area contributed by atoms with Crippen LogP contribution in [0.15, 0.2) is 93.6 Å². The fraction of sp³-hybridized carbons (Fsp3) is 0.0417. The molecule has 1 saturated heterocycles. The molecule has 6 heteroatoms. The van der Waals surface area contributed by atoms with Crippen molar-refractivity contribution in [3.63, 3.8) is 0 Å². The number of imide groups is 1. The van der Waals surface area contributed by atoms with E-state index in [1.807, 2.05) is 54.6 Å². The van der Waals surface area contributed by atoms with Crippen LogP contribution < -0.4 is 0 Å². The topological polar surface area (TPSA) is 61.2 Å². The summed E-state index contributed by atoms with van der Waals surface area (Å²) in [6.07, 6.45) is 1.77. The number of nitrogens with zero attached hydrogens (tertiary/aromatic N) is 2. The SMILES string of the molecule is N#Cc1ccccc1CN1C(=O)S/C(=C\c2ccccc2Sc2ccccc2)C1=O. The summed E-state index contributed by atoms with van der Waals surface area (Å²) in [5.74, 6) is -0.336. The van der Waals surface area contributed by atoms with Gasteiger partial charge >= 0.3 is 0 Å². The summed E-state index contributed by atoms with van der Waals surface area (Å²) in [6, 6.07) is 26.9. The Morgan fingerprint density at radius 1 is 0.933 bits per heavy atom. The zero-order valence-corrected chi connectivity index (χ0v) is 17.5. The molecule has 0 aliphatic carbocycles. The molecule has 0 radical (unpaired) electrons. The molecule has 146 valence electrons. The molecule has 3 aromatic carbocycles. The van der Waals surface area contributed by atoms with Gasteiger partial charge in [-0.3, -0.25) is 14.5 Å². The molecular formula is C24H16N2O2S2. The third-order valence-corrected chi connectivity index (χ3v) is 6.52. The molecule has 2 amide bonds. The number of rotatable bonds is 5. The number of carbonyl (C=O) groups excluding carboxylic acids is 2. The van der Waals surface area contributed by atoms with Gasteiger partial charge < -0.3 is 0 Å². The molecule has 4 nitrogen and oxygen atoms in total. The molecular weight excluding hydrogens is 412 g/mol. The van der Waals surface area contributed by atoms with E-state index in [9.17, 15) is 14.9 Å². The normalized spacial score (nSPS) is 14.9. The molecule has 0 N–H and O–H groups in total. The van der Waals surface area contributed by atoms with Crippen molar-refractivity contribution in [3.05, 3.63) is 100 Å². The van der Waals surface area contributed by atoms with E-state index in [4.69, 9.17) is 0 Å². The van der Waals surface area contributed by atoms with E-state index < -0.39 is 0 Å². The fourth-order valence-electron chi connectivity index (χ4n) is 3.02. The van der Waals surface area contributed by atoms with E-state index in [-0.39, 0.29) is 17.7 Å². The number of nitriles is 1. The first-order chi connectivity index (χ1) is 14.7. The van der Waals surface area contributed by atoms with Crippen molar-refractivity contribution < 1.29 is 9.59 Å². The third kappa shape index (κ3) is 4.33. The largest absolute Gasteiger partial charge is 0.293 e. The predicted octanol–water partition coefficient (Wildman–Crippen LogP) is 5.95. The van der Waals surface area contributed by atoms with Gasteiger partial charge in [-0.15, -0.1) is 0 Å². The highest BCUT2D eigenvalue weighted by atomic mass is 32.2. The standard InChI is InChI=1S/C24H16N2O2S2/c25-15-18-9-4-5-10-19(18)16-26-23(27)22(30-24(26)28)14-17-8-6-7-13-21(17)29-20-11-2-1-3-12-20/h1-14H,16H2/b22-14-. The fourth-order valence-corrected chi connectivity index (χ4v) is 4.79. The highest BCUT2D eigenvalue weighted by Crippen LogP contribution is 2.36. The molecule has 0 aromatic heterocycles. The number of benzene rings is 3. The predicted molar refractivity (Wildman–Crippen MR) is 120 cm³/mol. The Balaban J connectivity index is 1.59. The molecule has 4 rings (SSSR count). The van der Waals surface area contributed by atoms with Crippen molar-refractivity contribution in [2.45, 2.75) is 16.3 Å². The summed E-state index contributed by atoms with van der Waals surface area (Å²) in [6.45, 7) is 0.0894. The van der Waals surface area contributed by atoms with Crippen LogP contribution in [0, 0.1) is 11.3 Å². The van der Waals surface area contributed by atoms with E-state index >= 15 is 0 Å². The van der Waals surface area contributed by atoms with Crippen LogP contribution in [0.2, 0.25) is 0 Å². The summed E-state index contributed by atoms with van der Waals surface area (Å²) >= 11 is 2.54. The third-order valence-electron chi connectivity index (χ3n) is 4.52. The molecule has 1 aliphatic rings. The quantitative estimate of drug-likeness (QED) is 0.470. The van der Waals surface area contributed by atoms with Crippen LogP contribution in [0.5, 0.6) is 0 Å². The zero-order chi connectivity index (χ0) is 20.9. The minimum atomic E-state index is -0.336. The first-order valence-electron chi connectivity index (χ1n) is 9.21. The van der Waals surface area contributed by atoms with Crippen LogP contribution in [0.1, 0.15) is 16.7 Å². The summed E-state index contributed by atoms with van der Waals surface area (Å²) in [7, 11) is 0. The van der Waals surface area contributed by atoms with Gasteiger partial charge in [-0.1, -0.05) is 66.4 Å². The van der Waals surface area contributed by atoms with Crippen molar-refractivity contribution in [2.24, 2.45) is 0 Å². The van der Waals surface area contributed by atoms with Gasteiger partial charge in [0.15, 0.2) is 0 Å². The summed E-state index contributed by atoms with van der Waals surface area (Å²) in [4.78, 5) is 29.1. The Labute approximate surface area is 183 Å². The molecule has 0 unspecified atom stereocenters. The average Bonchev–Trinajstić information content (AvgIpc) is 3.03. The highest BCUT2D eigenvalue weighted by Gasteiger charge is 2.35. The number of thioether (sulfide) groups is 1. The van der Waals surface area contributed by atoms with Gasteiger partial charge in [0.2, 0.25) is 0 Å². The Hall–Kier alpha value is -3.27. The van der Waals surface area contributed by atoms with Gasteiger partial charge in [0.05, 0.1) is 23.1 Å². The molecule has 3 aromatic rings. The van der Waals surface area contributed by atoms with Crippen molar-refractivity contribution in [1.29, 1.82) is 5.26 Å². The second-order valence-corrected chi connectivity index (χ2v) is 8.60. The van der Waals surface area contributed by atoms with Gasteiger partial charge in [-0.25, -0.2) is 0 Å². The monoisotopic (exact) mass is 428 g/mol. The maximum Gasteiger partial charge on any atom is 0.293 e. The van der Waals surface area contributed by atoms with E-state index in [0.29, 0.717) is 16.0 Å². The second-order valence-electron chi connectivity index (χ2n) is 6.49. The van der Waals surface area contributed by atoms with Crippen LogP contribution >= 0.6 is 23.5 Å². The van der Waals surface area contributed by atoms with Gasteiger partial charge in [-0.05, 0) is 53.2 Å². The Morgan fingerprint density at radius 2 is 1.63 bits per heavy atom. The van der Waals surface area contributed by atoms with Crippen LogP contribution in [-0.4, -0.2) is 16.0 Å². The van der Waals surface area contributed by atoms with E-state index in [0.717, 1.165) is 27.1 Å². The van der Waals surface area contributed by atoms with Gasteiger partial charge in [0, 0.05) is 9.79 Å². The lowest BCUT2D eigenvalue weighted by molar-refractivity contribution is -0.123. The van der Waals surface area contributed by atoms with Crippen LogP contribution in [-0.2, 0) is 11.3 Å². The molecule has 0 bridgehead atoms. The Bertz CT molecular complexity index is 1180. The maximum absolute atomic E-state index is 12.9. The summed E-state index contributed by atoms with van der Waals surface area (Å²) in [5.41, 5.74) is 2.00. The van der Waals surface area contributed by atoms with Crippen molar-refractivity contribution in [1.82, 2.24) is 4.90 Å². The first kappa shape index (κ1) is 20.0. The molecule has 0 atom stereocenters. The molecule has 1 fully saturated rings. The highest BCUT2D eigenvalue weighted by molar-refractivity contribution is 8.18. The summed E-state index contributed by atoms with van der Waals surface area (Å²) in [5, 5.41) is 8.94. The van der Waals surface area contributed by atoms with Gasteiger partial charge in [0.25, 0.3) is 11.1 Å². The Morgan fingerprint density at radius 3 is 2.43 bits per heavy atom. The van der Waals surface area contributed by atoms with Gasteiger partial charge in [0.1, 0.15) is 0 Å². The smallest absolute Gasteiger partial charge is 0.268 e. The molecule has 0 spiro atoms.